The van der Waals surface area contributed by atoms with Crippen LogP contribution in [-0.4, -0.2) is 19.8 Å². The summed E-state index contributed by atoms with van der Waals surface area (Å²) in [5, 5.41) is 0. The van der Waals surface area contributed by atoms with E-state index in [1.165, 1.54) is 6.42 Å². The molecule has 0 aromatic heterocycles. The summed E-state index contributed by atoms with van der Waals surface area (Å²) in [4.78, 5) is 0. The molecule has 0 spiro atoms. The molecule has 0 amide bonds. The van der Waals surface area contributed by atoms with Crippen molar-refractivity contribution in [2.24, 2.45) is 11.1 Å². The number of rotatable bonds is 5. The standard InChI is InChI=1S/C10H23NO/c1-10(2,3)7-5-9(11)6-8-12-4/h9H,5-8,11H2,1-4H3. The Morgan fingerprint density at radius 3 is 2.25 bits per heavy atom. The second-order valence-corrected chi connectivity index (χ2v) is 4.64. The summed E-state index contributed by atoms with van der Waals surface area (Å²) in [5.41, 5.74) is 6.29. The van der Waals surface area contributed by atoms with Crippen molar-refractivity contribution in [1.29, 1.82) is 0 Å². The molecule has 1 atom stereocenters. The number of methoxy groups -OCH3 is 1. The summed E-state index contributed by atoms with van der Waals surface area (Å²) in [6.07, 6.45) is 3.28. The molecular formula is C10H23NO. The van der Waals surface area contributed by atoms with Gasteiger partial charge in [-0.05, 0) is 24.7 Å². The zero-order chi connectivity index (χ0) is 9.61. The van der Waals surface area contributed by atoms with Crippen LogP contribution in [0.4, 0.5) is 0 Å². The molecule has 74 valence electrons. The maximum Gasteiger partial charge on any atom is 0.0477 e. The van der Waals surface area contributed by atoms with E-state index in [9.17, 15) is 0 Å². The lowest BCUT2D eigenvalue weighted by atomic mass is 9.88. The second-order valence-electron chi connectivity index (χ2n) is 4.64. The van der Waals surface area contributed by atoms with Crippen LogP contribution in [0.15, 0.2) is 0 Å². The van der Waals surface area contributed by atoms with Crippen molar-refractivity contribution in [2.45, 2.75) is 46.1 Å². The average Bonchev–Trinajstić information content (AvgIpc) is 1.95. The number of ether oxygens (including phenoxy) is 1. The molecule has 0 saturated heterocycles. The summed E-state index contributed by atoms with van der Waals surface area (Å²) in [5.74, 6) is 0. The van der Waals surface area contributed by atoms with Crippen LogP contribution >= 0.6 is 0 Å². The molecule has 0 rings (SSSR count). The Hall–Kier alpha value is -0.0800. The van der Waals surface area contributed by atoms with Crippen molar-refractivity contribution in [2.75, 3.05) is 13.7 Å². The van der Waals surface area contributed by atoms with E-state index in [0.29, 0.717) is 11.5 Å². The molecule has 0 aromatic carbocycles. The van der Waals surface area contributed by atoms with E-state index >= 15 is 0 Å². The normalized spacial score (nSPS) is 14.8. The zero-order valence-corrected chi connectivity index (χ0v) is 8.89. The lowest BCUT2D eigenvalue weighted by Gasteiger charge is -2.20. The minimum atomic E-state index is 0.309. The fourth-order valence-electron chi connectivity index (χ4n) is 1.03. The molecule has 0 aliphatic carbocycles. The van der Waals surface area contributed by atoms with Gasteiger partial charge in [-0.3, -0.25) is 0 Å². The molecular weight excluding hydrogens is 150 g/mol. The van der Waals surface area contributed by atoms with Crippen LogP contribution in [0, 0.1) is 5.41 Å². The monoisotopic (exact) mass is 173 g/mol. The zero-order valence-electron chi connectivity index (χ0n) is 8.89. The Labute approximate surface area is 76.5 Å². The van der Waals surface area contributed by atoms with Crippen LogP contribution in [0.3, 0.4) is 0 Å². The third-order valence-electron chi connectivity index (χ3n) is 1.96. The molecule has 0 aromatic rings. The van der Waals surface area contributed by atoms with Crippen molar-refractivity contribution in [1.82, 2.24) is 0 Å². The van der Waals surface area contributed by atoms with Gasteiger partial charge in [-0.25, -0.2) is 0 Å². The smallest absolute Gasteiger partial charge is 0.0477 e. The highest BCUT2D eigenvalue weighted by atomic mass is 16.5. The molecule has 2 N–H and O–H groups in total. The highest BCUT2D eigenvalue weighted by molar-refractivity contribution is 4.67. The van der Waals surface area contributed by atoms with Gasteiger partial charge in [0, 0.05) is 19.8 Å². The van der Waals surface area contributed by atoms with Gasteiger partial charge in [0.05, 0.1) is 0 Å². The summed E-state index contributed by atoms with van der Waals surface area (Å²) in [6.45, 7) is 7.52. The van der Waals surface area contributed by atoms with Crippen LogP contribution < -0.4 is 5.73 Å². The first-order chi connectivity index (χ1) is 5.45. The van der Waals surface area contributed by atoms with Gasteiger partial charge in [0.2, 0.25) is 0 Å². The molecule has 2 heteroatoms. The van der Waals surface area contributed by atoms with Crippen molar-refractivity contribution in [3.8, 4) is 0 Å². The third-order valence-corrected chi connectivity index (χ3v) is 1.96. The number of hydrogen-bond donors (Lipinski definition) is 1. The van der Waals surface area contributed by atoms with Gasteiger partial charge in [-0.1, -0.05) is 20.8 Å². The second kappa shape index (κ2) is 5.55. The van der Waals surface area contributed by atoms with Crippen molar-refractivity contribution >= 4 is 0 Å². The summed E-state index contributed by atoms with van der Waals surface area (Å²) in [6, 6.07) is 0.309. The Bertz CT molecular complexity index is 107. The van der Waals surface area contributed by atoms with E-state index in [1.54, 1.807) is 7.11 Å². The SMILES string of the molecule is COCCC(N)CCC(C)(C)C. The number of nitrogens with two attached hydrogens (primary N) is 1. The summed E-state index contributed by atoms with van der Waals surface area (Å²) in [7, 11) is 1.72. The summed E-state index contributed by atoms with van der Waals surface area (Å²) < 4.78 is 4.96. The lowest BCUT2D eigenvalue weighted by molar-refractivity contribution is 0.184. The van der Waals surface area contributed by atoms with Gasteiger partial charge in [-0.2, -0.15) is 0 Å². The maximum atomic E-state index is 5.89. The van der Waals surface area contributed by atoms with E-state index in [1.807, 2.05) is 0 Å². The first-order valence-corrected chi connectivity index (χ1v) is 4.70. The predicted octanol–water partition coefficient (Wildman–Crippen LogP) is 2.18. The molecule has 0 heterocycles. The molecule has 1 unspecified atom stereocenters. The van der Waals surface area contributed by atoms with E-state index < -0.39 is 0 Å². The molecule has 12 heavy (non-hydrogen) atoms. The highest BCUT2D eigenvalue weighted by Crippen LogP contribution is 2.21. The van der Waals surface area contributed by atoms with Crippen molar-refractivity contribution < 1.29 is 4.74 Å². The van der Waals surface area contributed by atoms with E-state index in [2.05, 4.69) is 20.8 Å². The molecule has 0 bridgehead atoms. The number of hydrogen-bond acceptors (Lipinski definition) is 2. The lowest BCUT2D eigenvalue weighted by Crippen LogP contribution is -2.23. The largest absolute Gasteiger partial charge is 0.385 e. The molecule has 2 nitrogen and oxygen atoms in total. The topological polar surface area (TPSA) is 35.2 Å². The van der Waals surface area contributed by atoms with Crippen LogP contribution in [0.25, 0.3) is 0 Å². The van der Waals surface area contributed by atoms with Crippen LogP contribution in [-0.2, 0) is 4.74 Å². The van der Waals surface area contributed by atoms with E-state index in [-0.39, 0.29) is 0 Å². The quantitative estimate of drug-likeness (QED) is 0.691. The van der Waals surface area contributed by atoms with Crippen molar-refractivity contribution in [3.63, 3.8) is 0 Å². The minimum Gasteiger partial charge on any atom is -0.385 e. The van der Waals surface area contributed by atoms with E-state index in [4.69, 9.17) is 10.5 Å². The minimum absolute atomic E-state index is 0.309. The molecule has 0 radical (unpaired) electrons. The predicted molar refractivity (Wildman–Crippen MR) is 53.2 cm³/mol. The Kier molecular flexibility index (Phi) is 5.51. The first kappa shape index (κ1) is 11.9. The highest BCUT2D eigenvalue weighted by Gasteiger charge is 2.12. The van der Waals surface area contributed by atoms with E-state index in [0.717, 1.165) is 19.4 Å². The van der Waals surface area contributed by atoms with Gasteiger partial charge >= 0.3 is 0 Å². The van der Waals surface area contributed by atoms with Crippen LogP contribution in [0.1, 0.15) is 40.0 Å². The Morgan fingerprint density at radius 1 is 1.25 bits per heavy atom. The van der Waals surface area contributed by atoms with Crippen LogP contribution in [0.2, 0.25) is 0 Å². The van der Waals surface area contributed by atoms with Gasteiger partial charge in [0.25, 0.3) is 0 Å². The van der Waals surface area contributed by atoms with Crippen LogP contribution in [0.5, 0.6) is 0 Å². The molecule has 0 fully saturated rings. The van der Waals surface area contributed by atoms with Gasteiger partial charge in [-0.15, -0.1) is 0 Å². The maximum absolute atomic E-state index is 5.89. The fourth-order valence-corrected chi connectivity index (χ4v) is 1.03. The van der Waals surface area contributed by atoms with Gasteiger partial charge in [0.1, 0.15) is 0 Å². The molecule has 0 aliphatic heterocycles. The van der Waals surface area contributed by atoms with Crippen molar-refractivity contribution in [3.05, 3.63) is 0 Å². The van der Waals surface area contributed by atoms with Gasteiger partial charge in [0.15, 0.2) is 0 Å². The molecule has 0 saturated carbocycles. The fraction of sp³-hybridized carbons (Fsp3) is 1.00. The van der Waals surface area contributed by atoms with Gasteiger partial charge < -0.3 is 10.5 Å². The first-order valence-electron chi connectivity index (χ1n) is 4.70. The Balaban J connectivity index is 3.37. The average molecular weight is 173 g/mol. The molecule has 0 aliphatic rings. The Morgan fingerprint density at radius 2 is 1.83 bits per heavy atom. The summed E-state index contributed by atoms with van der Waals surface area (Å²) >= 11 is 0. The third kappa shape index (κ3) is 8.02.